The van der Waals surface area contributed by atoms with Gasteiger partial charge in [-0.1, -0.05) is 5.92 Å². The Morgan fingerprint density at radius 3 is 1.95 bits per heavy atom. The number of terminal acetylenes is 1. The summed E-state index contributed by atoms with van der Waals surface area (Å²) in [4.78, 5) is 23.5. The summed E-state index contributed by atoms with van der Waals surface area (Å²) in [5.41, 5.74) is 1.08. The van der Waals surface area contributed by atoms with Crippen LogP contribution in [0.4, 0.5) is 0 Å². The van der Waals surface area contributed by atoms with Gasteiger partial charge in [-0.05, 0) is 24.1 Å². The van der Waals surface area contributed by atoms with Gasteiger partial charge in [-0.2, -0.15) is 0 Å². The molecule has 1 aromatic rings. The third-order valence-electron chi connectivity index (χ3n) is 3.16. The zero-order valence-corrected chi connectivity index (χ0v) is 13.0. The number of methoxy groups -OCH3 is 4. The highest BCUT2D eigenvalue weighted by molar-refractivity contribution is 5.95. The summed E-state index contributed by atoms with van der Waals surface area (Å²) in [5.74, 6) is 0.937. The van der Waals surface area contributed by atoms with Gasteiger partial charge in [0.15, 0.2) is 17.4 Å². The van der Waals surface area contributed by atoms with Crippen LogP contribution in [0.3, 0.4) is 0 Å². The highest BCUT2D eigenvalue weighted by Gasteiger charge is 2.30. The predicted octanol–water partition coefficient (Wildman–Crippen LogP) is 1.19. The molecule has 0 heterocycles. The smallest absolute Gasteiger partial charge is 0.320 e. The van der Waals surface area contributed by atoms with Gasteiger partial charge in [0.2, 0.25) is 0 Å². The van der Waals surface area contributed by atoms with E-state index in [0.29, 0.717) is 22.6 Å². The molecule has 0 saturated carbocycles. The molecule has 0 fully saturated rings. The Morgan fingerprint density at radius 2 is 1.55 bits per heavy atom. The molecule has 118 valence electrons. The fourth-order valence-electron chi connectivity index (χ4n) is 1.99. The molecule has 0 aromatic heterocycles. The molecule has 0 atom stereocenters. The molecule has 0 N–H and O–H groups in total. The zero-order valence-electron chi connectivity index (χ0n) is 13.0. The zero-order chi connectivity index (χ0) is 16.7. The standard InChI is InChI=1S/C16H18O6/c1-6-10-8-13(19-2)14(20-3)9-11(10)7-12(15(17)21-4)16(18)22-5/h1,8-9,12H,7H2,2-5H3. The maximum absolute atomic E-state index is 11.8. The van der Waals surface area contributed by atoms with E-state index in [1.807, 2.05) is 0 Å². The number of carbonyl (C=O) groups excluding carboxylic acids is 2. The van der Waals surface area contributed by atoms with Crippen molar-refractivity contribution in [1.82, 2.24) is 0 Å². The maximum atomic E-state index is 11.8. The second-order valence-corrected chi connectivity index (χ2v) is 4.31. The van der Waals surface area contributed by atoms with Gasteiger partial charge in [-0.25, -0.2) is 0 Å². The van der Waals surface area contributed by atoms with E-state index >= 15 is 0 Å². The Balaban J connectivity index is 3.26. The number of hydrogen-bond donors (Lipinski definition) is 0. The van der Waals surface area contributed by atoms with Gasteiger partial charge in [-0.3, -0.25) is 9.59 Å². The van der Waals surface area contributed by atoms with Crippen LogP contribution in [0.5, 0.6) is 11.5 Å². The first-order valence-corrected chi connectivity index (χ1v) is 6.39. The van der Waals surface area contributed by atoms with Gasteiger partial charge in [0.25, 0.3) is 0 Å². The molecule has 0 unspecified atom stereocenters. The molecule has 0 radical (unpaired) electrons. The first-order valence-electron chi connectivity index (χ1n) is 6.39. The van der Waals surface area contributed by atoms with Crippen LogP contribution in [-0.2, 0) is 25.5 Å². The summed E-state index contributed by atoms with van der Waals surface area (Å²) in [6, 6.07) is 3.24. The highest BCUT2D eigenvalue weighted by Crippen LogP contribution is 2.31. The quantitative estimate of drug-likeness (QED) is 0.447. The van der Waals surface area contributed by atoms with Crippen molar-refractivity contribution in [1.29, 1.82) is 0 Å². The molecule has 6 nitrogen and oxygen atoms in total. The average Bonchev–Trinajstić information content (AvgIpc) is 2.57. The largest absolute Gasteiger partial charge is 0.493 e. The summed E-state index contributed by atoms with van der Waals surface area (Å²) in [5, 5.41) is 0. The molecule has 0 bridgehead atoms. The van der Waals surface area contributed by atoms with E-state index in [2.05, 4.69) is 15.4 Å². The molecule has 0 amide bonds. The van der Waals surface area contributed by atoms with E-state index < -0.39 is 17.9 Å². The van der Waals surface area contributed by atoms with Crippen molar-refractivity contribution >= 4 is 11.9 Å². The third-order valence-corrected chi connectivity index (χ3v) is 3.16. The molecule has 1 aromatic carbocycles. The van der Waals surface area contributed by atoms with Crippen molar-refractivity contribution < 1.29 is 28.5 Å². The second kappa shape index (κ2) is 7.93. The number of esters is 2. The Kier molecular flexibility index (Phi) is 6.26. The molecule has 22 heavy (non-hydrogen) atoms. The minimum Gasteiger partial charge on any atom is -0.493 e. The molecule has 1 rings (SSSR count). The van der Waals surface area contributed by atoms with Crippen LogP contribution in [0.1, 0.15) is 11.1 Å². The summed E-state index contributed by atoms with van der Waals surface area (Å²) >= 11 is 0. The van der Waals surface area contributed by atoms with Gasteiger partial charge in [0, 0.05) is 5.56 Å². The lowest BCUT2D eigenvalue weighted by molar-refractivity contribution is -0.158. The lowest BCUT2D eigenvalue weighted by atomic mass is 9.95. The van der Waals surface area contributed by atoms with Crippen LogP contribution in [0.2, 0.25) is 0 Å². The SMILES string of the molecule is C#Cc1cc(OC)c(OC)cc1CC(C(=O)OC)C(=O)OC. The summed E-state index contributed by atoms with van der Waals surface area (Å²) in [6.45, 7) is 0. The van der Waals surface area contributed by atoms with E-state index in [1.54, 1.807) is 12.1 Å². The Bertz CT molecular complexity index is 583. The van der Waals surface area contributed by atoms with Crippen LogP contribution >= 0.6 is 0 Å². The van der Waals surface area contributed by atoms with Crippen molar-refractivity contribution in [3.8, 4) is 23.8 Å². The molecule has 0 saturated heterocycles. The number of ether oxygens (including phenoxy) is 4. The normalized spacial score (nSPS) is 9.82. The van der Waals surface area contributed by atoms with Gasteiger partial charge in [-0.15, -0.1) is 6.42 Å². The minimum atomic E-state index is -1.10. The maximum Gasteiger partial charge on any atom is 0.320 e. The van der Waals surface area contributed by atoms with Gasteiger partial charge in [0.1, 0.15) is 0 Å². The molecule has 0 aliphatic carbocycles. The topological polar surface area (TPSA) is 71.1 Å². The lowest BCUT2D eigenvalue weighted by Crippen LogP contribution is -2.28. The van der Waals surface area contributed by atoms with Gasteiger partial charge in [0.05, 0.1) is 28.4 Å². The third kappa shape index (κ3) is 3.70. The Labute approximate surface area is 129 Å². The fraction of sp³-hybridized carbons (Fsp3) is 0.375. The molecular formula is C16H18O6. The number of hydrogen-bond acceptors (Lipinski definition) is 6. The second-order valence-electron chi connectivity index (χ2n) is 4.31. The summed E-state index contributed by atoms with van der Waals surface area (Å²) in [7, 11) is 5.38. The van der Waals surface area contributed by atoms with Crippen molar-refractivity contribution in [3.63, 3.8) is 0 Å². The Morgan fingerprint density at radius 1 is 1.05 bits per heavy atom. The van der Waals surface area contributed by atoms with Crippen LogP contribution in [0.25, 0.3) is 0 Å². The number of carbonyl (C=O) groups is 2. The first kappa shape index (κ1) is 17.4. The first-order chi connectivity index (χ1) is 10.5. The lowest BCUT2D eigenvalue weighted by Gasteiger charge is -2.16. The Hall–Kier alpha value is -2.68. The monoisotopic (exact) mass is 306 g/mol. The van der Waals surface area contributed by atoms with Crippen molar-refractivity contribution in [2.75, 3.05) is 28.4 Å². The van der Waals surface area contributed by atoms with Gasteiger partial charge < -0.3 is 18.9 Å². The molecular weight excluding hydrogens is 288 g/mol. The van der Waals surface area contributed by atoms with Crippen LogP contribution < -0.4 is 9.47 Å². The molecule has 0 aliphatic heterocycles. The van der Waals surface area contributed by atoms with Crippen LogP contribution in [0.15, 0.2) is 12.1 Å². The van der Waals surface area contributed by atoms with E-state index in [0.717, 1.165) is 0 Å². The predicted molar refractivity (Wildman–Crippen MR) is 78.7 cm³/mol. The molecule has 0 spiro atoms. The van der Waals surface area contributed by atoms with Crippen LogP contribution in [0, 0.1) is 18.3 Å². The molecule has 6 heteroatoms. The number of rotatable bonds is 6. The number of benzene rings is 1. The van der Waals surface area contributed by atoms with E-state index in [4.69, 9.17) is 15.9 Å². The van der Waals surface area contributed by atoms with Crippen molar-refractivity contribution in [2.24, 2.45) is 5.92 Å². The van der Waals surface area contributed by atoms with Crippen LogP contribution in [-0.4, -0.2) is 40.4 Å². The molecule has 0 aliphatic rings. The van der Waals surface area contributed by atoms with Gasteiger partial charge >= 0.3 is 11.9 Å². The summed E-state index contributed by atoms with van der Waals surface area (Å²) in [6.07, 6.45) is 5.52. The minimum absolute atomic E-state index is 0.0409. The van der Waals surface area contributed by atoms with Crippen molar-refractivity contribution in [3.05, 3.63) is 23.3 Å². The fourth-order valence-corrected chi connectivity index (χ4v) is 1.99. The summed E-state index contributed by atoms with van der Waals surface area (Å²) < 4.78 is 19.6. The average molecular weight is 306 g/mol. The van der Waals surface area contributed by atoms with E-state index in [1.165, 1.54) is 28.4 Å². The highest BCUT2D eigenvalue weighted by atomic mass is 16.5. The van der Waals surface area contributed by atoms with E-state index in [-0.39, 0.29) is 6.42 Å². The van der Waals surface area contributed by atoms with E-state index in [9.17, 15) is 9.59 Å². The van der Waals surface area contributed by atoms with Crippen molar-refractivity contribution in [2.45, 2.75) is 6.42 Å².